The van der Waals surface area contributed by atoms with E-state index in [0.29, 0.717) is 6.42 Å². The molecule has 2 heterocycles. The molecule has 3 rings (SSSR count). The zero-order valence-corrected chi connectivity index (χ0v) is 13.9. The Morgan fingerprint density at radius 3 is 2.76 bits per heavy atom. The Hall–Kier alpha value is -3.15. The van der Waals surface area contributed by atoms with Gasteiger partial charge in [-0.05, 0) is 30.7 Å². The summed E-state index contributed by atoms with van der Waals surface area (Å²) in [5.41, 5.74) is 2.18. The lowest BCUT2D eigenvalue weighted by molar-refractivity contribution is -0.145. The number of rotatable bonds is 6. The summed E-state index contributed by atoms with van der Waals surface area (Å²) < 4.78 is 5.12. The Morgan fingerprint density at radius 1 is 1.20 bits per heavy atom. The van der Waals surface area contributed by atoms with Gasteiger partial charge >= 0.3 is 5.97 Å². The predicted molar refractivity (Wildman–Crippen MR) is 94.1 cm³/mol. The van der Waals surface area contributed by atoms with E-state index in [1.54, 1.807) is 25.1 Å². The first-order valence-electron chi connectivity index (χ1n) is 8.12. The fourth-order valence-electron chi connectivity index (χ4n) is 2.69. The fraction of sp³-hybridized carbons (Fsp3) is 0.211. The molecule has 0 unspecified atom stereocenters. The molecule has 1 aromatic carbocycles. The zero-order valence-electron chi connectivity index (χ0n) is 13.9. The Kier molecular flexibility index (Phi) is 5.09. The first-order chi connectivity index (χ1) is 12.2. The van der Waals surface area contributed by atoms with Crippen LogP contribution in [0, 0.1) is 0 Å². The second-order valence-corrected chi connectivity index (χ2v) is 5.56. The van der Waals surface area contributed by atoms with Gasteiger partial charge < -0.3 is 15.0 Å². The van der Waals surface area contributed by atoms with E-state index in [2.05, 4.69) is 15.3 Å². The van der Waals surface area contributed by atoms with Gasteiger partial charge in [0.05, 0.1) is 6.61 Å². The molecule has 6 nitrogen and oxygen atoms in total. The van der Waals surface area contributed by atoms with Gasteiger partial charge in [-0.15, -0.1) is 0 Å². The molecule has 1 amide bonds. The second kappa shape index (κ2) is 7.61. The summed E-state index contributed by atoms with van der Waals surface area (Å²) in [5, 5.41) is 3.75. The van der Waals surface area contributed by atoms with Gasteiger partial charge in [0.25, 0.3) is 5.91 Å². The van der Waals surface area contributed by atoms with Crippen LogP contribution in [0.5, 0.6) is 0 Å². The van der Waals surface area contributed by atoms with Crippen LogP contribution in [-0.4, -0.2) is 34.5 Å². The van der Waals surface area contributed by atoms with E-state index in [-0.39, 0.29) is 12.3 Å². The number of carbonyl (C=O) groups excluding carboxylic acids is 2. The van der Waals surface area contributed by atoms with Crippen molar-refractivity contribution in [3.05, 3.63) is 66.1 Å². The molecule has 0 saturated carbocycles. The van der Waals surface area contributed by atoms with Crippen LogP contribution in [0.1, 0.15) is 23.0 Å². The van der Waals surface area contributed by atoms with Crippen molar-refractivity contribution >= 4 is 22.8 Å². The number of ether oxygens (including phenoxy) is 1. The molecule has 0 aliphatic heterocycles. The molecule has 0 saturated heterocycles. The number of nitrogens with one attached hydrogen (secondary N) is 2. The van der Waals surface area contributed by atoms with E-state index in [1.807, 2.05) is 30.5 Å². The maximum atomic E-state index is 12.4. The number of carbonyl (C=O) groups is 2. The van der Waals surface area contributed by atoms with Gasteiger partial charge in [-0.3, -0.25) is 9.78 Å². The number of hydrogen-bond acceptors (Lipinski definition) is 4. The van der Waals surface area contributed by atoms with E-state index in [0.717, 1.165) is 16.5 Å². The van der Waals surface area contributed by atoms with Gasteiger partial charge in [-0.25, -0.2) is 4.79 Å². The summed E-state index contributed by atoms with van der Waals surface area (Å²) in [4.78, 5) is 31.9. The van der Waals surface area contributed by atoms with Crippen LogP contribution in [0.2, 0.25) is 0 Å². The molecule has 128 valence electrons. The number of fused-ring (bicyclic) bond motifs is 1. The fourth-order valence-corrected chi connectivity index (χ4v) is 2.69. The van der Waals surface area contributed by atoms with E-state index in [1.165, 1.54) is 6.20 Å². The first kappa shape index (κ1) is 16.7. The topological polar surface area (TPSA) is 84.1 Å². The highest BCUT2D eigenvalue weighted by Crippen LogP contribution is 2.19. The number of aromatic amines is 1. The Balaban J connectivity index is 1.82. The minimum Gasteiger partial charge on any atom is -0.464 e. The number of aromatic nitrogens is 2. The predicted octanol–water partition coefficient (Wildman–Crippen LogP) is 2.47. The van der Waals surface area contributed by atoms with Crippen molar-refractivity contribution in [1.29, 1.82) is 0 Å². The standard InChI is InChI=1S/C19H19N3O3/c1-2-25-19(24)17(22-18(23)16-9-5-6-10-20-16)11-13-12-21-15-8-4-3-7-14(13)15/h3-10,12,17,21H,2,11H2,1H3,(H,22,23)/t17-/m1/s1. The lowest BCUT2D eigenvalue weighted by Gasteiger charge is -2.17. The molecule has 0 aliphatic rings. The van der Waals surface area contributed by atoms with Crippen LogP contribution in [-0.2, 0) is 16.0 Å². The van der Waals surface area contributed by atoms with Crippen molar-refractivity contribution in [3.8, 4) is 0 Å². The average molecular weight is 337 g/mol. The quantitative estimate of drug-likeness (QED) is 0.677. The van der Waals surface area contributed by atoms with Crippen LogP contribution in [0.4, 0.5) is 0 Å². The van der Waals surface area contributed by atoms with Crippen molar-refractivity contribution < 1.29 is 14.3 Å². The average Bonchev–Trinajstić information content (AvgIpc) is 3.05. The molecule has 0 radical (unpaired) electrons. The van der Waals surface area contributed by atoms with Gasteiger partial charge in [0.15, 0.2) is 0 Å². The molecule has 0 fully saturated rings. The molecule has 2 N–H and O–H groups in total. The van der Waals surface area contributed by atoms with Crippen LogP contribution in [0.25, 0.3) is 10.9 Å². The monoisotopic (exact) mass is 337 g/mol. The summed E-state index contributed by atoms with van der Waals surface area (Å²) in [7, 11) is 0. The van der Waals surface area contributed by atoms with Crippen LogP contribution in [0.15, 0.2) is 54.9 Å². The number of para-hydroxylation sites is 1. The smallest absolute Gasteiger partial charge is 0.328 e. The number of benzene rings is 1. The van der Waals surface area contributed by atoms with Crippen LogP contribution in [0.3, 0.4) is 0 Å². The van der Waals surface area contributed by atoms with E-state index >= 15 is 0 Å². The molecule has 2 aromatic heterocycles. The number of pyridine rings is 1. The van der Waals surface area contributed by atoms with Crippen LogP contribution < -0.4 is 5.32 Å². The van der Waals surface area contributed by atoms with Gasteiger partial charge in [-0.2, -0.15) is 0 Å². The number of H-pyrrole nitrogens is 1. The van der Waals surface area contributed by atoms with Crippen molar-refractivity contribution in [2.45, 2.75) is 19.4 Å². The summed E-state index contributed by atoms with van der Waals surface area (Å²) in [6.45, 7) is 1.99. The highest BCUT2D eigenvalue weighted by Gasteiger charge is 2.24. The van der Waals surface area contributed by atoms with Gasteiger partial charge in [0.2, 0.25) is 0 Å². The molecule has 1 atom stereocenters. The summed E-state index contributed by atoms with van der Waals surface area (Å²) in [5.74, 6) is -0.865. The third kappa shape index (κ3) is 3.85. The number of esters is 1. The minimum absolute atomic E-state index is 0.253. The van der Waals surface area contributed by atoms with Crippen molar-refractivity contribution in [1.82, 2.24) is 15.3 Å². The van der Waals surface area contributed by atoms with E-state index < -0.39 is 17.9 Å². The number of amides is 1. The van der Waals surface area contributed by atoms with E-state index in [4.69, 9.17) is 4.74 Å². The van der Waals surface area contributed by atoms with Crippen molar-refractivity contribution in [2.24, 2.45) is 0 Å². The SMILES string of the molecule is CCOC(=O)[C@@H](Cc1c[nH]c2ccccc12)NC(=O)c1ccccn1. The van der Waals surface area contributed by atoms with Crippen LogP contribution >= 0.6 is 0 Å². The Labute approximate surface area is 145 Å². The maximum absolute atomic E-state index is 12.4. The normalized spacial score (nSPS) is 11.9. The number of hydrogen-bond donors (Lipinski definition) is 2. The second-order valence-electron chi connectivity index (χ2n) is 5.56. The summed E-state index contributed by atoms with van der Waals surface area (Å²) >= 11 is 0. The first-order valence-corrected chi connectivity index (χ1v) is 8.12. The van der Waals surface area contributed by atoms with Gasteiger partial charge in [-0.1, -0.05) is 24.3 Å². The summed E-state index contributed by atoms with van der Waals surface area (Å²) in [6, 6.07) is 12.1. The highest BCUT2D eigenvalue weighted by molar-refractivity contribution is 5.95. The molecule has 0 spiro atoms. The maximum Gasteiger partial charge on any atom is 0.328 e. The molecule has 3 aromatic rings. The largest absolute Gasteiger partial charge is 0.464 e. The third-order valence-corrected chi connectivity index (χ3v) is 3.87. The molecular formula is C19H19N3O3. The minimum atomic E-state index is -0.784. The van der Waals surface area contributed by atoms with Gasteiger partial charge in [0, 0.05) is 29.7 Å². The summed E-state index contributed by atoms with van der Waals surface area (Å²) in [6.07, 6.45) is 3.72. The van der Waals surface area contributed by atoms with Crippen molar-refractivity contribution in [3.63, 3.8) is 0 Å². The van der Waals surface area contributed by atoms with E-state index in [9.17, 15) is 9.59 Å². The molecular weight excluding hydrogens is 318 g/mol. The Bertz CT molecular complexity index is 874. The molecule has 25 heavy (non-hydrogen) atoms. The zero-order chi connectivity index (χ0) is 17.6. The van der Waals surface area contributed by atoms with Crippen molar-refractivity contribution in [2.75, 3.05) is 6.61 Å². The number of nitrogens with zero attached hydrogens (tertiary/aromatic N) is 1. The third-order valence-electron chi connectivity index (χ3n) is 3.87. The molecule has 0 aliphatic carbocycles. The highest BCUT2D eigenvalue weighted by atomic mass is 16.5. The molecule has 0 bridgehead atoms. The Morgan fingerprint density at radius 2 is 2.00 bits per heavy atom. The lowest BCUT2D eigenvalue weighted by Crippen LogP contribution is -2.43. The van der Waals surface area contributed by atoms with Gasteiger partial charge in [0.1, 0.15) is 11.7 Å². The molecule has 6 heteroatoms. The lowest BCUT2D eigenvalue weighted by atomic mass is 10.0.